The lowest BCUT2D eigenvalue weighted by atomic mass is 10.0. The molecule has 2 aromatic carbocycles. The second kappa shape index (κ2) is 7.55. The number of benzene rings is 2. The third kappa shape index (κ3) is 3.55. The van der Waals surface area contributed by atoms with E-state index in [-0.39, 0.29) is 24.8 Å². The molecule has 4 aromatic rings. The van der Waals surface area contributed by atoms with E-state index >= 15 is 0 Å². The van der Waals surface area contributed by atoms with Crippen molar-refractivity contribution in [1.82, 2.24) is 9.55 Å². The van der Waals surface area contributed by atoms with Gasteiger partial charge >= 0.3 is 0 Å². The van der Waals surface area contributed by atoms with E-state index < -0.39 is 0 Å². The molecule has 0 bridgehead atoms. The average molecular weight is 433 g/mol. The Balaban J connectivity index is 1.44. The second-order valence-corrected chi connectivity index (χ2v) is 8.28. The zero-order chi connectivity index (χ0) is 21.5. The fraction of sp³-hybridized carbons (Fsp3) is 0.174. The molecule has 0 fully saturated rings. The van der Waals surface area contributed by atoms with Gasteiger partial charge in [-0.1, -0.05) is 18.2 Å². The number of fused-ring (bicyclic) bond motifs is 2. The molecular formula is C23H19N3O4S. The first-order valence-corrected chi connectivity index (χ1v) is 10.6. The smallest absolute Gasteiger partial charge is 0.263 e. The molecule has 0 radical (unpaired) electrons. The summed E-state index contributed by atoms with van der Waals surface area (Å²) in [5, 5.41) is 5.27. The van der Waals surface area contributed by atoms with Gasteiger partial charge in [-0.05, 0) is 42.7 Å². The first kappa shape index (κ1) is 19.3. The third-order valence-corrected chi connectivity index (χ3v) is 6.24. The number of aryl methyl sites for hydroxylation is 2. The summed E-state index contributed by atoms with van der Waals surface area (Å²) in [6.45, 7) is 4.12. The summed E-state index contributed by atoms with van der Waals surface area (Å²) >= 11 is 1.42. The van der Waals surface area contributed by atoms with E-state index in [9.17, 15) is 9.59 Å². The van der Waals surface area contributed by atoms with Gasteiger partial charge in [0, 0.05) is 22.7 Å². The summed E-state index contributed by atoms with van der Waals surface area (Å²) in [6, 6.07) is 11.3. The molecule has 5 rings (SSSR count). The molecule has 1 aliphatic rings. The van der Waals surface area contributed by atoms with E-state index in [1.807, 2.05) is 24.4 Å². The lowest BCUT2D eigenvalue weighted by Crippen LogP contribution is -2.27. The molecule has 0 spiro atoms. The van der Waals surface area contributed by atoms with Crippen LogP contribution in [0.25, 0.3) is 21.3 Å². The number of carbonyl (C=O) groups excluding carboxylic acids is 1. The molecule has 1 N–H and O–H groups in total. The van der Waals surface area contributed by atoms with Gasteiger partial charge in [0.2, 0.25) is 12.7 Å². The fourth-order valence-electron chi connectivity index (χ4n) is 3.53. The molecule has 0 saturated heterocycles. The van der Waals surface area contributed by atoms with E-state index in [2.05, 4.69) is 23.3 Å². The van der Waals surface area contributed by atoms with Gasteiger partial charge in [-0.2, -0.15) is 0 Å². The topological polar surface area (TPSA) is 82.5 Å². The Bertz CT molecular complexity index is 1390. The summed E-state index contributed by atoms with van der Waals surface area (Å²) in [7, 11) is 0. The standard InChI is InChI=1S/C23H19N3O4S/c1-13-3-4-15(7-14(13)2)17-10-31-22-21(17)23(28)26(11-24-22)9-20(27)25-16-5-6-18-19(8-16)30-12-29-18/h3-8,10-11H,9,12H2,1-2H3,(H,25,27). The number of thiophene rings is 1. The zero-order valence-corrected chi connectivity index (χ0v) is 17.8. The van der Waals surface area contributed by atoms with Crippen molar-refractivity contribution in [2.45, 2.75) is 20.4 Å². The van der Waals surface area contributed by atoms with Crippen molar-refractivity contribution >= 4 is 33.1 Å². The number of nitrogens with one attached hydrogen (secondary N) is 1. The van der Waals surface area contributed by atoms with Gasteiger partial charge in [-0.15, -0.1) is 11.3 Å². The Morgan fingerprint density at radius 2 is 1.97 bits per heavy atom. The van der Waals surface area contributed by atoms with Crippen LogP contribution in [0.1, 0.15) is 11.1 Å². The van der Waals surface area contributed by atoms with Gasteiger partial charge < -0.3 is 14.8 Å². The Morgan fingerprint density at radius 3 is 2.81 bits per heavy atom. The summed E-state index contributed by atoms with van der Waals surface area (Å²) in [5.41, 5.74) is 4.49. The maximum absolute atomic E-state index is 13.2. The summed E-state index contributed by atoms with van der Waals surface area (Å²) < 4.78 is 11.9. The minimum absolute atomic E-state index is 0.140. The van der Waals surface area contributed by atoms with Gasteiger partial charge in [0.05, 0.1) is 11.7 Å². The maximum Gasteiger partial charge on any atom is 0.263 e. The van der Waals surface area contributed by atoms with Crippen LogP contribution in [0.3, 0.4) is 0 Å². The predicted molar refractivity (Wildman–Crippen MR) is 120 cm³/mol. The van der Waals surface area contributed by atoms with Crippen LogP contribution in [-0.4, -0.2) is 22.3 Å². The van der Waals surface area contributed by atoms with Crippen LogP contribution in [0.2, 0.25) is 0 Å². The lowest BCUT2D eigenvalue weighted by molar-refractivity contribution is -0.116. The monoisotopic (exact) mass is 433 g/mol. The number of rotatable bonds is 4. The van der Waals surface area contributed by atoms with Crippen molar-refractivity contribution in [1.29, 1.82) is 0 Å². The SMILES string of the molecule is Cc1ccc(-c2csc3ncn(CC(=O)Nc4ccc5c(c4)OCO5)c(=O)c23)cc1C. The van der Waals surface area contributed by atoms with Gasteiger partial charge in [-0.25, -0.2) is 4.98 Å². The maximum atomic E-state index is 13.2. The highest BCUT2D eigenvalue weighted by Gasteiger charge is 2.17. The molecule has 1 amide bonds. The molecular weight excluding hydrogens is 414 g/mol. The lowest BCUT2D eigenvalue weighted by Gasteiger charge is -2.09. The molecule has 2 aromatic heterocycles. The Kier molecular flexibility index (Phi) is 4.71. The van der Waals surface area contributed by atoms with E-state index in [4.69, 9.17) is 9.47 Å². The molecule has 0 unspecified atom stereocenters. The van der Waals surface area contributed by atoms with E-state index in [1.54, 1.807) is 18.2 Å². The highest BCUT2D eigenvalue weighted by atomic mass is 32.1. The van der Waals surface area contributed by atoms with E-state index in [0.29, 0.717) is 27.4 Å². The Hall–Kier alpha value is -3.65. The predicted octanol–water partition coefficient (Wildman–Crippen LogP) is 4.11. The molecule has 0 saturated carbocycles. The summed E-state index contributed by atoms with van der Waals surface area (Å²) in [4.78, 5) is 30.8. The van der Waals surface area contributed by atoms with Crippen molar-refractivity contribution in [2.24, 2.45) is 0 Å². The highest BCUT2D eigenvalue weighted by Crippen LogP contribution is 2.34. The number of anilines is 1. The van der Waals surface area contributed by atoms with Gasteiger partial charge in [0.1, 0.15) is 11.4 Å². The number of carbonyl (C=O) groups is 1. The number of amides is 1. The normalized spacial score (nSPS) is 12.3. The minimum atomic E-state index is -0.329. The van der Waals surface area contributed by atoms with Gasteiger partial charge in [-0.3, -0.25) is 14.2 Å². The fourth-order valence-corrected chi connectivity index (χ4v) is 4.44. The van der Waals surface area contributed by atoms with Gasteiger partial charge in [0.15, 0.2) is 11.5 Å². The highest BCUT2D eigenvalue weighted by molar-refractivity contribution is 7.17. The van der Waals surface area contributed by atoms with Crippen LogP contribution < -0.4 is 20.3 Å². The van der Waals surface area contributed by atoms with Crippen LogP contribution in [0.15, 0.2) is 52.9 Å². The first-order valence-electron chi connectivity index (χ1n) is 9.73. The van der Waals surface area contributed by atoms with Crippen molar-refractivity contribution in [3.8, 4) is 22.6 Å². The number of ether oxygens (including phenoxy) is 2. The summed E-state index contributed by atoms with van der Waals surface area (Å²) in [6.07, 6.45) is 1.42. The molecule has 7 nitrogen and oxygen atoms in total. The van der Waals surface area contributed by atoms with Crippen molar-refractivity contribution < 1.29 is 14.3 Å². The van der Waals surface area contributed by atoms with Gasteiger partial charge in [0.25, 0.3) is 5.56 Å². The summed E-state index contributed by atoms with van der Waals surface area (Å²) in [5.74, 6) is 0.889. The average Bonchev–Trinajstić information content (AvgIpc) is 3.39. The van der Waals surface area contributed by atoms with Crippen molar-refractivity contribution in [3.63, 3.8) is 0 Å². The van der Waals surface area contributed by atoms with Crippen LogP contribution in [0.5, 0.6) is 11.5 Å². The number of hydrogen-bond acceptors (Lipinski definition) is 6. The van der Waals surface area contributed by atoms with E-state index in [0.717, 1.165) is 16.7 Å². The molecule has 0 atom stereocenters. The third-order valence-electron chi connectivity index (χ3n) is 5.35. The number of aromatic nitrogens is 2. The Labute approximate surface area is 181 Å². The Morgan fingerprint density at radius 1 is 1.13 bits per heavy atom. The van der Waals surface area contributed by atoms with Crippen molar-refractivity contribution in [2.75, 3.05) is 12.1 Å². The molecule has 1 aliphatic heterocycles. The van der Waals surface area contributed by atoms with Crippen LogP contribution in [0, 0.1) is 13.8 Å². The number of nitrogens with zero attached hydrogens (tertiary/aromatic N) is 2. The van der Waals surface area contributed by atoms with Crippen LogP contribution in [0.4, 0.5) is 5.69 Å². The second-order valence-electron chi connectivity index (χ2n) is 7.42. The number of hydrogen-bond donors (Lipinski definition) is 1. The van der Waals surface area contributed by atoms with Crippen LogP contribution in [-0.2, 0) is 11.3 Å². The molecule has 8 heteroatoms. The van der Waals surface area contributed by atoms with Crippen molar-refractivity contribution in [3.05, 3.63) is 69.6 Å². The molecule has 156 valence electrons. The first-order chi connectivity index (χ1) is 15.0. The molecule has 0 aliphatic carbocycles. The zero-order valence-electron chi connectivity index (χ0n) is 17.0. The minimum Gasteiger partial charge on any atom is -0.454 e. The quantitative estimate of drug-likeness (QED) is 0.524. The van der Waals surface area contributed by atoms with E-state index in [1.165, 1.54) is 27.8 Å². The molecule has 31 heavy (non-hydrogen) atoms. The van der Waals surface area contributed by atoms with Crippen LogP contribution >= 0.6 is 11.3 Å². The largest absolute Gasteiger partial charge is 0.454 e. The molecule has 3 heterocycles.